The number of nitrogens with one attached hydrogen (secondary N) is 2. The number of rotatable bonds is 3. The third kappa shape index (κ3) is 3.72. The first-order chi connectivity index (χ1) is 13.9. The molecule has 0 atom stereocenters. The summed E-state index contributed by atoms with van der Waals surface area (Å²) in [6, 6.07) is 13.3. The molecule has 0 unspecified atom stereocenters. The first-order valence-corrected chi connectivity index (χ1v) is 8.90. The molecule has 0 spiro atoms. The van der Waals surface area contributed by atoms with Crippen molar-refractivity contribution in [3.05, 3.63) is 75.9 Å². The van der Waals surface area contributed by atoms with Crippen molar-refractivity contribution in [2.45, 2.75) is 0 Å². The maximum Gasteiger partial charge on any atom is 0.344 e. The van der Waals surface area contributed by atoms with E-state index < -0.39 is 17.5 Å². The van der Waals surface area contributed by atoms with Crippen molar-refractivity contribution in [2.75, 3.05) is 17.7 Å². The molecular formula is C21H14ClFN2O4. The van der Waals surface area contributed by atoms with E-state index in [4.69, 9.17) is 20.8 Å². The fourth-order valence-corrected chi connectivity index (χ4v) is 3.10. The summed E-state index contributed by atoms with van der Waals surface area (Å²) in [6.45, 7) is 0. The number of hydrogen-bond donors (Lipinski definition) is 2. The number of amides is 2. The predicted octanol–water partition coefficient (Wildman–Crippen LogP) is 5.39. The van der Waals surface area contributed by atoms with Gasteiger partial charge in [-0.25, -0.2) is 14.0 Å². The number of hydrogen-bond acceptors (Lipinski definition) is 4. The molecule has 0 bridgehead atoms. The van der Waals surface area contributed by atoms with Crippen molar-refractivity contribution in [2.24, 2.45) is 0 Å². The van der Waals surface area contributed by atoms with Crippen LogP contribution in [0.1, 0.15) is 0 Å². The SMILES string of the molecule is COc1ccc2c(=O)oc3ccc(NC(=O)Nc4ccc(Cl)c(F)c4)cc3c2c1. The Bertz CT molecular complexity index is 1320. The molecule has 29 heavy (non-hydrogen) atoms. The van der Waals surface area contributed by atoms with Gasteiger partial charge < -0.3 is 19.8 Å². The standard InChI is InChI=1S/C21H14ClFN2O4/c1-28-13-4-5-14-15(10-13)16-8-11(3-7-19(16)29-20(14)26)24-21(27)25-12-2-6-17(22)18(23)9-12/h2-10H,1H3,(H2,24,25,27). The molecule has 2 N–H and O–H groups in total. The average Bonchev–Trinajstić information content (AvgIpc) is 2.71. The topological polar surface area (TPSA) is 80.6 Å². The van der Waals surface area contributed by atoms with Crippen molar-refractivity contribution < 1.29 is 18.3 Å². The Morgan fingerprint density at radius 2 is 1.69 bits per heavy atom. The zero-order valence-corrected chi connectivity index (χ0v) is 15.8. The first-order valence-electron chi connectivity index (χ1n) is 8.52. The molecule has 0 saturated carbocycles. The molecule has 4 aromatic rings. The monoisotopic (exact) mass is 412 g/mol. The fraction of sp³-hybridized carbons (Fsp3) is 0.0476. The molecule has 0 aliphatic carbocycles. The molecule has 0 radical (unpaired) electrons. The van der Waals surface area contributed by atoms with E-state index in [1.807, 2.05) is 0 Å². The Balaban J connectivity index is 1.68. The van der Waals surface area contributed by atoms with Crippen LogP contribution in [0.25, 0.3) is 21.7 Å². The van der Waals surface area contributed by atoms with E-state index >= 15 is 0 Å². The molecule has 4 rings (SSSR count). The number of carbonyl (C=O) groups is 1. The number of fused-ring (bicyclic) bond motifs is 3. The maximum atomic E-state index is 13.5. The summed E-state index contributed by atoms with van der Waals surface area (Å²) >= 11 is 5.64. The highest BCUT2D eigenvalue weighted by Crippen LogP contribution is 2.28. The maximum absolute atomic E-state index is 13.5. The summed E-state index contributed by atoms with van der Waals surface area (Å²) < 4.78 is 24.1. The number of halogens is 2. The number of benzene rings is 3. The van der Waals surface area contributed by atoms with Gasteiger partial charge in [-0.05, 0) is 54.6 Å². The second-order valence-corrected chi connectivity index (χ2v) is 6.63. The van der Waals surface area contributed by atoms with Crippen LogP contribution in [0.5, 0.6) is 5.75 Å². The van der Waals surface area contributed by atoms with Gasteiger partial charge in [0.25, 0.3) is 0 Å². The second-order valence-electron chi connectivity index (χ2n) is 6.22. The van der Waals surface area contributed by atoms with Gasteiger partial charge in [-0.3, -0.25) is 0 Å². The van der Waals surface area contributed by atoms with Gasteiger partial charge in [0.05, 0.1) is 17.5 Å². The van der Waals surface area contributed by atoms with Crippen LogP contribution < -0.4 is 21.0 Å². The normalized spacial score (nSPS) is 10.9. The number of methoxy groups -OCH3 is 1. The Kier molecular flexibility index (Phi) is 4.82. The van der Waals surface area contributed by atoms with Gasteiger partial charge in [0.15, 0.2) is 0 Å². The molecule has 0 fully saturated rings. The lowest BCUT2D eigenvalue weighted by molar-refractivity contribution is 0.262. The van der Waals surface area contributed by atoms with E-state index in [1.165, 1.54) is 19.2 Å². The molecule has 1 aromatic heterocycles. The van der Waals surface area contributed by atoms with E-state index in [0.29, 0.717) is 33.2 Å². The number of anilines is 2. The summed E-state index contributed by atoms with van der Waals surface area (Å²) in [7, 11) is 1.53. The van der Waals surface area contributed by atoms with Crippen molar-refractivity contribution in [1.82, 2.24) is 0 Å². The largest absolute Gasteiger partial charge is 0.497 e. The van der Waals surface area contributed by atoms with Crippen LogP contribution in [0.4, 0.5) is 20.6 Å². The molecule has 3 aromatic carbocycles. The Morgan fingerprint density at radius 1 is 0.966 bits per heavy atom. The van der Waals surface area contributed by atoms with Crippen molar-refractivity contribution >= 4 is 50.7 Å². The van der Waals surface area contributed by atoms with Gasteiger partial charge in [0.2, 0.25) is 0 Å². The van der Waals surface area contributed by atoms with Crippen LogP contribution in [0.2, 0.25) is 5.02 Å². The smallest absolute Gasteiger partial charge is 0.344 e. The highest BCUT2D eigenvalue weighted by molar-refractivity contribution is 6.30. The van der Waals surface area contributed by atoms with Gasteiger partial charge in [0, 0.05) is 22.1 Å². The van der Waals surface area contributed by atoms with E-state index in [2.05, 4.69) is 10.6 Å². The van der Waals surface area contributed by atoms with Crippen LogP contribution in [0, 0.1) is 5.82 Å². The first kappa shape index (κ1) is 18.8. The van der Waals surface area contributed by atoms with Gasteiger partial charge in [0.1, 0.15) is 17.1 Å². The van der Waals surface area contributed by atoms with Gasteiger partial charge in [-0.15, -0.1) is 0 Å². The van der Waals surface area contributed by atoms with Crippen molar-refractivity contribution in [3.8, 4) is 5.75 Å². The highest BCUT2D eigenvalue weighted by Gasteiger charge is 2.11. The lowest BCUT2D eigenvalue weighted by atomic mass is 10.1. The Morgan fingerprint density at radius 3 is 2.41 bits per heavy atom. The second kappa shape index (κ2) is 7.44. The zero-order chi connectivity index (χ0) is 20.5. The van der Waals surface area contributed by atoms with Crippen LogP contribution >= 0.6 is 11.6 Å². The summed E-state index contributed by atoms with van der Waals surface area (Å²) in [5, 5.41) is 6.83. The van der Waals surface area contributed by atoms with E-state index in [-0.39, 0.29) is 10.7 Å². The highest BCUT2D eigenvalue weighted by atomic mass is 35.5. The molecule has 0 aliphatic heterocycles. The minimum absolute atomic E-state index is 0.0331. The van der Waals surface area contributed by atoms with E-state index in [1.54, 1.807) is 36.4 Å². The van der Waals surface area contributed by atoms with Gasteiger partial charge in [-0.2, -0.15) is 0 Å². The van der Waals surface area contributed by atoms with Gasteiger partial charge >= 0.3 is 11.7 Å². The average molecular weight is 413 g/mol. The van der Waals surface area contributed by atoms with Crippen LogP contribution in [0.3, 0.4) is 0 Å². The van der Waals surface area contributed by atoms with Crippen LogP contribution in [-0.2, 0) is 0 Å². The minimum Gasteiger partial charge on any atom is -0.497 e. The van der Waals surface area contributed by atoms with Crippen molar-refractivity contribution in [3.63, 3.8) is 0 Å². The third-order valence-corrected chi connectivity index (χ3v) is 4.66. The summed E-state index contributed by atoms with van der Waals surface area (Å²) in [4.78, 5) is 24.4. The summed E-state index contributed by atoms with van der Waals surface area (Å²) in [6.07, 6.45) is 0. The predicted molar refractivity (Wildman–Crippen MR) is 111 cm³/mol. The minimum atomic E-state index is -0.634. The van der Waals surface area contributed by atoms with E-state index in [9.17, 15) is 14.0 Å². The van der Waals surface area contributed by atoms with Crippen LogP contribution in [0.15, 0.2) is 63.8 Å². The molecule has 146 valence electrons. The quantitative estimate of drug-likeness (QED) is 0.349. The van der Waals surface area contributed by atoms with Crippen LogP contribution in [-0.4, -0.2) is 13.1 Å². The summed E-state index contributed by atoms with van der Waals surface area (Å²) in [5.74, 6) is -0.0455. The molecule has 8 heteroatoms. The molecule has 0 aliphatic rings. The molecule has 2 amide bonds. The third-order valence-electron chi connectivity index (χ3n) is 4.35. The Hall–Kier alpha value is -3.58. The number of urea groups is 1. The zero-order valence-electron chi connectivity index (χ0n) is 15.1. The lowest BCUT2D eigenvalue weighted by Crippen LogP contribution is -2.19. The van der Waals surface area contributed by atoms with Gasteiger partial charge in [-0.1, -0.05) is 11.6 Å². The summed E-state index contributed by atoms with van der Waals surface area (Å²) in [5.41, 5.74) is 0.633. The van der Waals surface area contributed by atoms with E-state index in [0.717, 1.165) is 6.07 Å². The lowest BCUT2D eigenvalue weighted by Gasteiger charge is -2.10. The van der Waals surface area contributed by atoms with Crippen molar-refractivity contribution in [1.29, 1.82) is 0 Å². The number of carbonyl (C=O) groups excluding carboxylic acids is 1. The molecule has 1 heterocycles. The molecular weight excluding hydrogens is 399 g/mol. The Labute approximate surface area is 168 Å². The molecule has 0 saturated heterocycles. The molecule has 6 nitrogen and oxygen atoms in total. The fourth-order valence-electron chi connectivity index (χ4n) is 2.98. The number of ether oxygens (including phenoxy) is 1.